The Balaban J connectivity index is 1.06. The van der Waals surface area contributed by atoms with Crippen LogP contribution in [0.3, 0.4) is 0 Å². The third kappa shape index (κ3) is 5.41. The van der Waals surface area contributed by atoms with E-state index < -0.39 is 12.6 Å². The van der Waals surface area contributed by atoms with Crippen LogP contribution in [-0.4, -0.2) is 4.98 Å². The van der Waals surface area contributed by atoms with Crippen molar-refractivity contribution in [1.82, 2.24) is 4.98 Å². The van der Waals surface area contributed by atoms with Gasteiger partial charge in [-0.15, -0.1) is 0 Å². The van der Waals surface area contributed by atoms with Crippen LogP contribution in [0.1, 0.15) is 22.3 Å². The number of fused-ring (bicyclic) bond motifs is 7. The zero-order chi connectivity index (χ0) is 39.4. The molecule has 1 aromatic heterocycles. The van der Waals surface area contributed by atoms with Crippen LogP contribution in [0.4, 0.5) is 0 Å². The Morgan fingerprint density at radius 1 is 0.373 bits per heavy atom. The number of hydrogen-bond donors (Lipinski definition) is 0. The number of aromatic nitrogens is 1. The van der Waals surface area contributed by atoms with E-state index in [1.807, 2.05) is 72.8 Å². The molecule has 0 spiro atoms. The molecule has 278 valence electrons. The lowest BCUT2D eigenvalue weighted by Gasteiger charge is -2.34. The summed E-state index contributed by atoms with van der Waals surface area (Å²) in [7, 11) is -3.06. The predicted octanol–water partition coefficient (Wildman–Crippen LogP) is 12.7. The summed E-state index contributed by atoms with van der Waals surface area (Å²) in [5.41, 5.74) is 12.3. The maximum absolute atomic E-state index is 15.0. The van der Waals surface area contributed by atoms with E-state index in [0.29, 0.717) is 0 Å². The first-order valence-electron chi connectivity index (χ1n) is 20.2. The Labute approximate surface area is 344 Å². The lowest BCUT2D eigenvalue weighted by atomic mass is 9.67. The lowest BCUT2D eigenvalue weighted by molar-refractivity contribution is 0.592. The topological polar surface area (TPSA) is 30.0 Å². The Kier molecular flexibility index (Phi) is 8.36. The van der Waals surface area contributed by atoms with E-state index in [9.17, 15) is 4.57 Å². The van der Waals surface area contributed by atoms with Crippen LogP contribution in [0, 0.1) is 0 Å². The van der Waals surface area contributed by atoms with E-state index in [-0.39, 0.29) is 0 Å². The van der Waals surface area contributed by atoms with Crippen LogP contribution in [0.15, 0.2) is 231 Å². The molecule has 59 heavy (non-hydrogen) atoms. The van der Waals surface area contributed by atoms with E-state index in [1.54, 1.807) is 0 Å². The molecular weight excluding hydrogens is 734 g/mol. The van der Waals surface area contributed by atoms with E-state index in [0.717, 1.165) is 54.6 Å². The van der Waals surface area contributed by atoms with Crippen molar-refractivity contribution in [2.24, 2.45) is 0 Å². The highest BCUT2D eigenvalue weighted by atomic mass is 31.2. The van der Waals surface area contributed by atoms with Crippen molar-refractivity contribution in [2.75, 3.05) is 0 Å². The van der Waals surface area contributed by atoms with Gasteiger partial charge < -0.3 is 4.57 Å². The quantitative estimate of drug-likeness (QED) is 0.119. The molecule has 2 nitrogen and oxygen atoms in total. The Morgan fingerprint density at radius 3 is 1.46 bits per heavy atom. The summed E-state index contributed by atoms with van der Waals surface area (Å²) < 4.78 is 15.0. The van der Waals surface area contributed by atoms with Gasteiger partial charge in [0.15, 0.2) is 7.14 Å². The van der Waals surface area contributed by atoms with Crippen LogP contribution in [0.5, 0.6) is 0 Å². The van der Waals surface area contributed by atoms with Crippen molar-refractivity contribution in [3.05, 3.63) is 253 Å². The zero-order valence-electron chi connectivity index (χ0n) is 32.2. The SMILES string of the molecule is O=P(c1ccccc1)(c1ccccc1)c1ccc(-c2ccc(-c3nc4ccccc4c4c5c(ccc34)C(c3ccccc3)(c3ccccc3)c3ccccc3-5)cc2)cc1. The number of rotatable bonds is 7. The van der Waals surface area contributed by atoms with Crippen LogP contribution < -0.4 is 15.9 Å². The fourth-order valence-corrected chi connectivity index (χ4v) is 12.2. The smallest absolute Gasteiger partial charge is 0.171 e. The molecule has 1 heterocycles. The van der Waals surface area contributed by atoms with Crippen molar-refractivity contribution < 1.29 is 4.57 Å². The molecule has 11 rings (SSSR count). The monoisotopic (exact) mass is 771 g/mol. The van der Waals surface area contributed by atoms with E-state index in [4.69, 9.17) is 4.98 Å². The predicted molar refractivity (Wildman–Crippen MR) is 247 cm³/mol. The van der Waals surface area contributed by atoms with Crippen LogP contribution in [0.2, 0.25) is 0 Å². The second kappa shape index (κ2) is 14.1. The van der Waals surface area contributed by atoms with Crippen LogP contribution in [-0.2, 0) is 9.98 Å². The summed E-state index contributed by atoms with van der Waals surface area (Å²) in [6, 6.07) is 80.8. The molecule has 0 fully saturated rings. The minimum Gasteiger partial charge on any atom is -0.309 e. The average molecular weight is 772 g/mol. The average Bonchev–Trinajstić information content (AvgIpc) is 3.63. The molecule has 9 aromatic carbocycles. The third-order valence-corrected chi connectivity index (χ3v) is 15.3. The summed E-state index contributed by atoms with van der Waals surface area (Å²) in [4.78, 5) is 5.38. The zero-order valence-corrected chi connectivity index (χ0v) is 33.1. The summed E-state index contributed by atoms with van der Waals surface area (Å²) in [5.74, 6) is 0. The third-order valence-electron chi connectivity index (χ3n) is 12.2. The highest BCUT2D eigenvalue weighted by Crippen LogP contribution is 2.58. The maximum atomic E-state index is 15.0. The Hall–Kier alpha value is -7.12. The molecular formula is C56H38NOP. The molecule has 0 unspecified atom stereocenters. The Bertz CT molecular complexity index is 3120. The number of para-hydroxylation sites is 1. The first-order chi connectivity index (χ1) is 29.2. The van der Waals surface area contributed by atoms with Gasteiger partial charge >= 0.3 is 0 Å². The van der Waals surface area contributed by atoms with Gasteiger partial charge in [0.05, 0.1) is 16.6 Å². The lowest BCUT2D eigenvalue weighted by Crippen LogP contribution is -2.28. The summed E-state index contributed by atoms with van der Waals surface area (Å²) >= 11 is 0. The normalized spacial score (nSPS) is 12.9. The van der Waals surface area contributed by atoms with Gasteiger partial charge in [0.1, 0.15) is 0 Å². The Morgan fingerprint density at radius 2 is 0.847 bits per heavy atom. The largest absolute Gasteiger partial charge is 0.309 e. The minimum absolute atomic E-state index is 0.486. The molecule has 10 aromatic rings. The van der Waals surface area contributed by atoms with Crippen molar-refractivity contribution in [3.8, 4) is 33.5 Å². The minimum atomic E-state index is -3.06. The number of pyridine rings is 1. The summed E-state index contributed by atoms with van der Waals surface area (Å²) in [5, 5.41) is 5.99. The molecule has 1 aliphatic rings. The highest BCUT2D eigenvalue weighted by Gasteiger charge is 2.46. The second-order valence-corrected chi connectivity index (χ2v) is 18.1. The van der Waals surface area contributed by atoms with Gasteiger partial charge in [0.25, 0.3) is 0 Å². The van der Waals surface area contributed by atoms with E-state index >= 15 is 0 Å². The molecule has 0 aliphatic heterocycles. The first kappa shape index (κ1) is 35.1. The van der Waals surface area contributed by atoms with E-state index in [1.165, 1.54) is 38.8 Å². The molecule has 1 aliphatic carbocycles. The first-order valence-corrected chi connectivity index (χ1v) is 21.9. The van der Waals surface area contributed by atoms with Crippen molar-refractivity contribution in [2.45, 2.75) is 5.41 Å². The second-order valence-electron chi connectivity index (χ2n) is 15.3. The molecule has 0 saturated heterocycles. The van der Waals surface area contributed by atoms with E-state index in [2.05, 4.69) is 158 Å². The standard InChI is InChI=1S/C56H38NOP/c58-59(44-21-9-3-10-22-44,45-23-11-4-12-24-45)46-35-33-40(34-36-46)39-29-31-41(32-30-39)55-49-37-38-51-54(53(49)48-26-14-16-28-52(48)57-55)47-25-13-15-27-50(47)56(51,42-17-5-1-6-18-42)43-19-7-2-8-20-43/h1-38H. The molecule has 0 bridgehead atoms. The summed E-state index contributed by atoms with van der Waals surface area (Å²) in [6.07, 6.45) is 0. The van der Waals surface area contributed by atoms with Gasteiger partial charge in [-0.1, -0.05) is 224 Å². The molecule has 0 saturated carbocycles. The van der Waals surface area contributed by atoms with Crippen LogP contribution in [0.25, 0.3) is 55.2 Å². The maximum Gasteiger partial charge on any atom is 0.171 e. The van der Waals surface area contributed by atoms with Gasteiger partial charge in [-0.3, -0.25) is 0 Å². The van der Waals surface area contributed by atoms with Crippen LogP contribution >= 0.6 is 7.14 Å². The fourth-order valence-electron chi connectivity index (χ4n) is 9.60. The number of hydrogen-bond acceptors (Lipinski definition) is 2. The fraction of sp³-hybridized carbons (Fsp3) is 0.0179. The van der Waals surface area contributed by atoms with Crippen molar-refractivity contribution >= 4 is 44.7 Å². The molecule has 3 heteroatoms. The van der Waals surface area contributed by atoms with Gasteiger partial charge in [-0.05, 0) is 50.6 Å². The molecule has 0 amide bonds. The number of benzene rings is 9. The van der Waals surface area contributed by atoms with Gasteiger partial charge in [0, 0.05) is 37.6 Å². The van der Waals surface area contributed by atoms with Crippen molar-refractivity contribution in [3.63, 3.8) is 0 Å². The van der Waals surface area contributed by atoms with Crippen molar-refractivity contribution in [1.29, 1.82) is 0 Å². The van der Waals surface area contributed by atoms with Gasteiger partial charge in [0.2, 0.25) is 0 Å². The summed E-state index contributed by atoms with van der Waals surface area (Å²) in [6.45, 7) is 0. The van der Waals surface area contributed by atoms with Gasteiger partial charge in [-0.25, -0.2) is 4.98 Å². The molecule has 0 atom stereocenters. The van der Waals surface area contributed by atoms with Gasteiger partial charge in [-0.2, -0.15) is 0 Å². The molecule has 0 radical (unpaired) electrons. The number of nitrogens with zero attached hydrogens (tertiary/aromatic N) is 1. The molecule has 0 N–H and O–H groups in total. The highest BCUT2D eigenvalue weighted by molar-refractivity contribution is 7.85.